The second-order valence-electron chi connectivity index (χ2n) is 8.68. The first-order chi connectivity index (χ1) is 12.8. The number of nitriles is 1. The maximum atomic E-state index is 10.1. The van der Waals surface area contributed by atoms with Crippen LogP contribution in [-0.2, 0) is 5.41 Å². The number of hydrogen-bond acceptors (Lipinski definition) is 1. The Labute approximate surface area is 158 Å². The minimum Gasteiger partial charge on any atom is -0.197 e. The Kier molecular flexibility index (Phi) is 5.03. The van der Waals surface area contributed by atoms with Gasteiger partial charge in [-0.15, -0.1) is 0 Å². The highest BCUT2D eigenvalue weighted by Gasteiger charge is 2.43. The van der Waals surface area contributed by atoms with Crippen molar-refractivity contribution in [1.29, 1.82) is 5.26 Å². The molecule has 0 unspecified atom stereocenters. The van der Waals surface area contributed by atoms with Crippen molar-refractivity contribution in [2.45, 2.75) is 69.6 Å². The molecule has 26 heavy (non-hydrogen) atoms. The average Bonchev–Trinajstić information content (AvgIpc) is 2.76. The molecule has 136 valence electrons. The van der Waals surface area contributed by atoms with Gasteiger partial charge in [0.15, 0.2) is 0 Å². The topological polar surface area (TPSA) is 23.8 Å². The smallest absolute Gasteiger partial charge is 0.0962 e. The fourth-order valence-electron chi connectivity index (χ4n) is 5.69. The standard InChI is InChI=1S/C25H31N/c26-20-24(21-10-4-1-5-11-21)16-18-25(19-17-24,22-12-6-2-7-13-22)23-14-8-3-9-15-23/h2,6-7,12-13,16-19,21,23H,1,3-5,8-11,14-15H2. The summed E-state index contributed by atoms with van der Waals surface area (Å²) in [6.45, 7) is 0. The molecule has 1 aromatic rings. The fourth-order valence-corrected chi connectivity index (χ4v) is 5.69. The summed E-state index contributed by atoms with van der Waals surface area (Å²) in [6.07, 6.45) is 22.4. The first-order valence-corrected chi connectivity index (χ1v) is 10.7. The van der Waals surface area contributed by atoms with Gasteiger partial charge in [-0.3, -0.25) is 0 Å². The van der Waals surface area contributed by atoms with E-state index in [1.165, 1.54) is 69.8 Å². The monoisotopic (exact) mass is 345 g/mol. The predicted molar refractivity (Wildman–Crippen MR) is 108 cm³/mol. The summed E-state index contributed by atoms with van der Waals surface area (Å²) in [5.74, 6) is 1.16. The molecule has 0 atom stereocenters. The van der Waals surface area contributed by atoms with E-state index in [1.54, 1.807) is 0 Å². The van der Waals surface area contributed by atoms with E-state index in [-0.39, 0.29) is 10.8 Å². The zero-order valence-corrected chi connectivity index (χ0v) is 15.9. The van der Waals surface area contributed by atoms with Crippen LogP contribution in [0.5, 0.6) is 0 Å². The van der Waals surface area contributed by atoms with E-state index in [1.807, 2.05) is 0 Å². The van der Waals surface area contributed by atoms with Gasteiger partial charge in [0.2, 0.25) is 0 Å². The molecule has 0 aliphatic heterocycles. The van der Waals surface area contributed by atoms with Gasteiger partial charge in [0.1, 0.15) is 0 Å². The lowest BCUT2D eigenvalue weighted by atomic mass is 9.59. The van der Waals surface area contributed by atoms with E-state index in [0.717, 1.165) is 0 Å². The van der Waals surface area contributed by atoms with Gasteiger partial charge in [-0.05, 0) is 43.1 Å². The van der Waals surface area contributed by atoms with Crippen LogP contribution in [-0.4, -0.2) is 0 Å². The molecule has 1 nitrogen and oxygen atoms in total. The summed E-state index contributed by atoms with van der Waals surface area (Å²) >= 11 is 0. The van der Waals surface area contributed by atoms with Crippen molar-refractivity contribution in [3.8, 4) is 6.07 Å². The Morgan fingerprint density at radius 2 is 1.23 bits per heavy atom. The average molecular weight is 346 g/mol. The second-order valence-corrected chi connectivity index (χ2v) is 8.68. The van der Waals surface area contributed by atoms with Gasteiger partial charge in [-0.25, -0.2) is 0 Å². The first kappa shape index (κ1) is 17.6. The number of benzene rings is 1. The molecule has 3 aliphatic rings. The molecule has 0 aromatic heterocycles. The molecule has 2 saturated carbocycles. The van der Waals surface area contributed by atoms with Gasteiger partial charge >= 0.3 is 0 Å². The number of hydrogen-bond donors (Lipinski definition) is 0. The Bertz CT molecular complexity index is 679. The van der Waals surface area contributed by atoms with Gasteiger partial charge < -0.3 is 0 Å². The summed E-state index contributed by atoms with van der Waals surface area (Å²) in [6, 6.07) is 13.7. The third-order valence-electron chi connectivity index (χ3n) is 7.30. The highest BCUT2D eigenvalue weighted by molar-refractivity contribution is 5.45. The minimum absolute atomic E-state index is 0.0172. The molecular formula is C25H31N. The Balaban J connectivity index is 1.71. The van der Waals surface area contributed by atoms with Crippen molar-refractivity contribution in [2.75, 3.05) is 0 Å². The van der Waals surface area contributed by atoms with Crippen molar-refractivity contribution in [3.05, 3.63) is 60.2 Å². The van der Waals surface area contributed by atoms with Crippen LogP contribution in [0.2, 0.25) is 0 Å². The summed E-state index contributed by atoms with van der Waals surface area (Å²) in [4.78, 5) is 0. The van der Waals surface area contributed by atoms with E-state index in [4.69, 9.17) is 0 Å². The van der Waals surface area contributed by atoms with E-state index < -0.39 is 0 Å². The van der Waals surface area contributed by atoms with Crippen LogP contribution in [0.1, 0.15) is 69.8 Å². The van der Waals surface area contributed by atoms with E-state index in [2.05, 4.69) is 60.7 Å². The van der Waals surface area contributed by atoms with Crippen LogP contribution in [0.15, 0.2) is 54.6 Å². The Hall–Kier alpha value is -1.81. The zero-order chi connectivity index (χ0) is 17.9. The highest BCUT2D eigenvalue weighted by atomic mass is 14.5. The van der Waals surface area contributed by atoms with Crippen LogP contribution in [0.3, 0.4) is 0 Å². The lowest BCUT2D eigenvalue weighted by molar-refractivity contribution is 0.249. The van der Waals surface area contributed by atoms with Crippen molar-refractivity contribution in [2.24, 2.45) is 17.3 Å². The highest BCUT2D eigenvalue weighted by Crippen LogP contribution is 2.50. The predicted octanol–water partition coefficient (Wildman–Crippen LogP) is 6.72. The van der Waals surface area contributed by atoms with Crippen LogP contribution >= 0.6 is 0 Å². The SMILES string of the molecule is N#CC1(C2CCCCC2)C=CC(c2ccccc2)(C2CCCCC2)C=C1. The zero-order valence-electron chi connectivity index (χ0n) is 15.9. The van der Waals surface area contributed by atoms with E-state index in [9.17, 15) is 5.26 Å². The number of nitrogens with zero attached hydrogens (tertiary/aromatic N) is 1. The largest absolute Gasteiger partial charge is 0.197 e. The van der Waals surface area contributed by atoms with E-state index in [0.29, 0.717) is 11.8 Å². The van der Waals surface area contributed by atoms with Crippen LogP contribution < -0.4 is 0 Å². The first-order valence-electron chi connectivity index (χ1n) is 10.7. The number of allylic oxidation sites excluding steroid dienone is 4. The third kappa shape index (κ3) is 3.05. The normalized spacial score (nSPS) is 33.0. The lowest BCUT2D eigenvalue weighted by Gasteiger charge is -2.44. The van der Waals surface area contributed by atoms with Crippen molar-refractivity contribution >= 4 is 0 Å². The van der Waals surface area contributed by atoms with Gasteiger partial charge in [0.05, 0.1) is 11.5 Å². The summed E-state index contributed by atoms with van der Waals surface area (Å²) in [5, 5.41) is 10.1. The Morgan fingerprint density at radius 3 is 1.77 bits per heavy atom. The molecule has 0 N–H and O–H groups in total. The fraction of sp³-hybridized carbons (Fsp3) is 0.560. The molecule has 0 heterocycles. The molecule has 0 spiro atoms. The molecule has 3 aliphatic carbocycles. The molecule has 0 amide bonds. The minimum atomic E-state index is -0.382. The number of rotatable bonds is 3. The van der Waals surface area contributed by atoms with Crippen molar-refractivity contribution in [1.82, 2.24) is 0 Å². The van der Waals surface area contributed by atoms with Crippen LogP contribution in [0, 0.1) is 28.6 Å². The molecule has 0 bridgehead atoms. The molecule has 4 rings (SSSR count). The van der Waals surface area contributed by atoms with E-state index >= 15 is 0 Å². The van der Waals surface area contributed by atoms with Crippen LogP contribution in [0.4, 0.5) is 0 Å². The molecule has 0 saturated heterocycles. The van der Waals surface area contributed by atoms with Gasteiger partial charge in [0.25, 0.3) is 0 Å². The second kappa shape index (κ2) is 7.43. The quantitative estimate of drug-likeness (QED) is 0.558. The maximum Gasteiger partial charge on any atom is 0.0962 e. The van der Waals surface area contributed by atoms with Gasteiger partial charge in [-0.1, -0.05) is 93.2 Å². The molecule has 2 fully saturated rings. The molecule has 1 heteroatoms. The molecule has 0 radical (unpaired) electrons. The maximum absolute atomic E-state index is 10.1. The summed E-state index contributed by atoms with van der Waals surface area (Å²) in [5.41, 5.74) is 0.999. The van der Waals surface area contributed by atoms with Crippen molar-refractivity contribution < 1.29 is 0 Å². The molecular weight excluding hydrogens is 314 g/mol. The van der Waals surface area contributed by atoms with Gasteiger partial charge in [0, 0.05) is 5.41 Å². The third-order valence-corrected chi connectivity index (χ3v) is 7.30. The summed E-state index contributed by atoms with van der Waals surface area (Å²) in [7, 11) is 0. The molecule has 1 aromatic carbocycles. The summed E-state index contributed by atoms with van der Waals surface area (Å²) < 4.78 is 0. The van der Waals surface area contributed by atoms with Crippen LogP contribution in [0.25, 0.3) is 0 Å². The Morgan fingerprint density at radius 1 is 0.692 bits per heavy atom. The lowest BCUT2D eigenvalue weighted by Crippen LogP contribution is -2.38. The van der Waals surface area contributed by atoms with Crippen molar-refractivity contribution in [3.63, 3.8) is 0 Å². The van der Waals surface area contributed by atoms with Gasteiger partial charge in [-0.2, -0.15) is 5.26 Å².